The Labute approximate surface area is 104 Å². The highest BCUT2D eigenvalue weighted by Crippen LogP contribution is 2.45. The number of rotatable bonds is 3. The molecule has 0 aromatic rings. The number of ether oxygens (including phenoxy) is 1. The van der Waals surface area contributed by atoms with Crippen LogP contribution in [0.3, 0.4) is 0 Å². The lowest BCUT2D eigenvalue weighted by molar-refractivity contribution is -0.122. The van der Waals surface area contributed by atoms with Gasteiger partial charge in [0.1, 0.15) is 0 Å². The van der Waals surface area contributed by atoms with Crippen molar-refractivity contribution in [2.75, 3.05) is 6.61 Å². The Kier molecular flexibility index (Phi) is 3.42. The first kappa shape index (κ1) is 11.9. The van der Waals surface area contributed by atoms with Crippen LogP contribution in [0.5, 0.6) is 0 Å². The molecule has 98 valence electrons. The highest BCUT2D eigenvalue weighted by molar-refractivity contribution is 4.97. The zero-order chi connectivity index (χ0) is 11.7. The molecule has 2 atom stereocenters. The van der Waals surface area contributed by atoms with Crippen LogP contribution in [0.25, 0.3) is 0 Å². The second-order valence-electron chi connectivity index (χ2n) is 6.37. The van der Waals surface area contributed by atoms with Gasteiger partial charge in [0.2, 0.25) is 0 Å². The van der Waals surface area contributed by atoms with Crippen molar-refractivity contribution in [3.8, 4) is 0 Å². The summed E-state index contributed by atoms with van der Waals surface area (Å²) in [6.45, 7) is 0.954. The Bertz CT molecular complexity index is 253. The molecule has 1 aliphatic heterocycles. The summed E-state index contributed by atoms with van der Waals surface area (Å²) in [5.41, 5.74) is 3.33. The van der Waals surface area contributed by atoms with Crippen LogP contribution in [0, 0.1) is 11.8 Å². The zero-order valence-electron chi connectivity index (χ0n) is 10.8. The van der Waals surface area contributed by atoms with Crippen LogP contribution < -0.4 is 11.3 Å². The summed E-state index contributed by atoms with van der Waals surface area (Å²) < 4.78 is 6.16. The molecule has 1 heterocycles. The van der Waals surface area contributed by atoms with Crippen molar-refractivity contribution < 1.29 is 4.74 Å². The lowest BCUT2D eigenvalue weighted by Gasteiger charge is -2.45. The van der Waals surface area contributed by atoms with Crippen LogP contribution in [0.15, 0.2) is 0 Å². The van der Waals surface area contributed by atoms with Crippen molar-refractivity contribution in [1.29, 1.82) is 0 Å². The normalized spacial score (nSPS) is 34.8. The molecule has 2 aliphatic carbocycles. The molecular weight excluding hydrogens is 212 g/mol. The van der Waals surface area contributed by atoms with Gasteiger partial charge >= 0.3 is 0 Å². The SMILES string of the molecule is NNC(C1CC1)C1CCOC2(CCCCC2)C1. The van der Waals surface area contributed by atoms with Gasteiger partial charge < -0.3 is 4.74 Å². The van der Waals surface area contributed by atoms with E-state index in [1.165, 1.54) is 57.8 Å². The minimum Gasteiger partial charge on any atom is -0.375 e. The first-order chi connectivity index (χ1) is 8.33. The summed E-state index contributed by atoms with van der Waals surface area (Å²) in [7, 11) is 0. The van der Waals surface area contributed by atoms with E-state index in [4.69, 9.17) is 10.6 Å². The molecule has 3 N–H and O–H groups in total. The van der Waals surface area contributed by atoms with Gasteiger partial charge in [-0.1, -0.05) is 19.3 Å². The predicted molar refractivity (Wildman–Crippen MR) is 68.3 cm³/mol. The lowest BCUT2D eigenvalue weighted by atomic mass is 9.73. The fourth-order valence-corrected chi connectivity index (χ4v) is 4.03. The van der Waals surface area contributed by atoms with Gasteiger partial charge in [-0.25, -0.2) is 0 Å². The molecule has 0 bridgehead atoms. The number of hydrogen-bond donors (Lipinski definition) is 2. The van der Waals surface area contributed by atoms with Crippen molar-refractivity contribution in [1.82, 2.24) is 5.43 Å². The minimum absolute atomic E-state index is 0.227. The van der Waals surface area contributed by atoms with E-state index in [1.54, 1.807) is 0 Å². The number of nitrogens with two attached hydrogens (primary N) is 1. The quantitative estimate of drug-likeness (QED) is 0.586. The lowest BCUT2D eigenvalue weighted by Crippen LogP contribution is -2.50. The monoisotopic (exact) mass is 238 g/mol. The summed E-state index contributed by atoms with van der Waals surface area (Å²) in [6, 6.07) is 0.553. The molecule has 17 heavy (non-hydrogen) atoms. The van der Waals surface area contributed by atoms with Crippen molar-refractivity contribution in [3.63, 3.8) is 0 Å². The summed E-state index contributed by atoms with van der Waals surface area (Å²) in [5, 5.41) is 0. The van der Waals surface area contributed by atoms with E-state index < -0.39 is 0 Å². The van der Waals surface area contributed by atoms with Crippen LogP contribution >= 0.6 is 0 Å². The van der Waals surface area contributed by atoms with Crippen molar-refractivity contribution in [2.24, 2.45) is 17.7 Å². The third-order valence-electron chi connectivity index (χ3n) is 5.13. The Morgan fingerprint density at radius 3 is 2.47 bits per heavy atom. The number of hydrogen-bond acceptors (Lipinski definition) is 3. The molecule has 0 aromatic carbocycles. The molecular formula is C14H26N2O. The average Bonchev–Trinajstić information content (AvgIpc) is 3.16. The van der Waals surface area contributed by atoms with E-state index in [1.807, 2.05) is 0 Å². The predicted octanol–water partition coefficient (Wildman–Crippen LogP) is 2.36. The van der Waals surface area contributed by atoms with E-state index in [-0.39, 0.29) is 5.60 Å². The van der Waals surface area contributed by atoms with E-state index in [0.717, 1.165) is 18.4 Å². The van der Waals surface area contributed by atoms with Gasteiger partial charge in [0.15, 0.2) is 0 Å². The van der Waals surface area contributed by atoms with Gasteiger partial charge in [-0.05, 0) is 50.4 Å². The molecule has 1 saturated heterocycles. The third-order valence-corrected chi connectivity index (χ3v) is 5.13. The van der Waals surface area contributed by atoms with Gasteiger partial charge in [-0.2, -0.15) is 0 Å². The smallest absolute Gasteiger partial charge is 0.0685 e. The highest BCUT2D eigenvalue weighted by atomic mass is 16.5. The third kappa shape index (κ3) is 2.51. The van der Waals surface area contributed by atoms with Crippen LogP contribution in [0.1, 0.15) is 57.8 Å². The zero-order valence-corrected chi connectivity index (χ0v) is 10.8. The molecule has 3 nitrogen and oxygen atoms in total. The maximum absolute atomic E-state index is 6.16. The van der Waals surface area contributed by atoms with Gasteiger partial charge in [-0.3, -0.25) is 11.3 Å². The van der Waals surface area contributed by atoms with Crippen LogP contribution in [0.4, 0.5) is 0 Å². The molecule has 2 unspecified atom stereocenters. The van der Waals surface area contributed by atoms with E-state index in [2.05, 4.69) is 5.43 Å². The first-order valence-corrected chi connectivity index (χ1v) is 7.43. The van der Waals surface area contributed by atoms with Crippen LogP contribution in [-0.2, 0) is 4.74 Å². The Hall–Kier alpha value is -0.120. The van der Waals surface area contributed by atoms with Gasteiger partial charge in [0.25, 0.3) is 0 Å². The van der Waals surface area contributed by atoms with E-state index >= 15 is 0 Å². The van der Waals surface area contributed by atoms with Crippen LogP contribution in [0.2, 0.25) is 0 Å². The van der Waals surface area contributed by atoms with Gasteiger partial charge in [-0.15, -0.1) is 0 Å². The fraction of sp³-hybridized carbons (Fsp3) is 1.00. The molecule has 0 radical (unpaired) electrons. The van der Waals surface area contributed by atoms with E-state index in [9.17, 15) is 0 Å². The summed E-state index contributed by atoms with van der Waals surface area (Å²) in [6.07, 6.45) is 11.9. The largest absolute Gasteiger partial charge is 0.375 e. The Morgan fingerprint density at radius 1 is 1.06 bits per heavy atom. The standard InChI is InChI=1S/C14H26N2O/c15-16-13(11-4-5-11)12-6-9-17-14(10-12)7-2-1-3-8-14/h11-13,16H,1-10,15H2. The molecule has 3 rings (SSSR count). The number of nitrogens with one attached hydrogen (secondary N) is 1. The molecule has 3 heteroatoms. The Morgan fingerprint density at radius 2 is 1.82 bits per heavy atom. The van der Waals surface area contributed by atoms with Crippen molar-refractivity contribution in [3.05, 3.63) is 0 Å². The second kappa shape index (κ2) is 4.87. The molecule has 0 amide bonds. The molecule has 0 aromatic heterocycles. The first-order valence-electron chi connectivity index (χ1n) is 7.43. The maximum Gasteiger partial charge on any atom is 0.0685 e. The average molecular weight is 238 g/mol. The number of hydrazine groups is 1. The summed E-state index contributed by atoms with van der Waals surface area (Å²) in [5.74, 6) is 7.37. The molecule has 3 aliphatic rings. The summed E-state index contributed by atoms with van der Waals surface area (Å²) in [4.78, 5) is 0. The molecule has 3 fully saturated rings. The maximum atomic E-state index is 6.16. The van der Waals surface area contributed by atoms with Gasteiger partial charge in [0, 0.05) is 12.6 Å². The molecule has 2 saturated carbocycles. The highest BCUT2D eigenvalue weighted by Gasteiger charge is 2.44. The summed E-state index contributed by atoms with van der Waals surface area (Å²) >= 11 is 0. The Balaban J connectivity index is 1.65. The second-order valence-corrected chi connectivity index (χ2v) is 6.37. The molecule has 1 spiro atoms. The van der Waals surface area contributed by atoms with Crippen molar-refractivity contribution >= 4 is 0 Å². The van der Waals surface area contributed by atoms with E-state index in [0.29, 0.717) is 6.04 Å². The minimum atomic E-state index is 0.227. The topological polar surface area (TPSA) is 47.3 Å². The van der Waals surface area contributed by atoms with Crippen molar-refractivity contribution in [2.45, 2.75) is 69.4 Å². The van der Waals surface area contributed by atoms with Gasteiger partial charge in [0.05, 0.1) is 5.60 Å². The van der Waals surface area contributed by atoms with Crippen LogP contribution in [-0.4, -0.2) is 18.2 Å². The fourth-order valence-electron chi connectivity index (χ4n) is 4.03.